The molecule has 0 aromatic carbocycles. The normalized spacial score (nSPS) is 22.4. The maximum absolute atomic E-state index is 6.20. The van der Waals surface area contributed by atoms with Crippen LogP contribution in [0, 0.1) is 0 Å². The number of aromatic nitrogens is 4. The summed E-state index contributed by atoms with van der Waals surface area (Å²) in [5, 5.41) is 8.60. The van der Waals surface area contributed by atoms with Crippen LogP contribution in [0.15, 0.2) is 22.8 Å². The molecule has 3 N–H and O–H groups in total. The molecule has 10 heteroatoms. The summed E-state index contributed by atoms with van der Waals surface area (Å²) < 4.78 is 12.9. The van der Waals surface area contributed by atoms with Crippen LogP contribution in [0.3, 0.4) is 0 Å². The number of ether oxygens (including phenoxy) is 2. The van der Waals surface area contributed by atoms with E-state index in [2.05, 4.69) is 20.4 Å². The number of hydrogen-bond donors (Lipinski definition) is 2. The Morgan fingerprint density at radius 2 is 2.19 bits per heavy atom. The number of hydrogen-bond acceptors (Lipinski definition) is 8. The Balaban J connectivity index is 1.70. The largest absolute Gasteiger partial charge is 0.478 e. The number of aryl methyl sites for hydroxylation is 1. The van der Waals surface area contributed by atoms with Gasteiger partial charge in [-0.2, -0.15) is 10.1 Å². The van der Waals surface area contributed by atoms with Crippen molar-refractivity contribution < 1.29 is 9.47 Å². The van der Waals surface area contributed by atoms with Crippen LogP contribution >= 0.6 is 11.6 Å². The predicted octanol–water partition coefficient (Wildman–Crippen LogP) is 2.08. The van der Waals surface area contributed by atoms with Gasteiger partial charge in [-0.05, 0) is 19.8 Å². The monoisotopic (exact) mass is 391 g/mol. The number of nitrogens with two attached hydrogens (primary N) is 1. The molecule has 0 radical (unpaired) electrons. The van der Waals surface area contributed by atoms with Crippen LogP contribution in [-0.4, -0.2) is 51.3 Å². The fourth-order valence-corrected chi connectivity index (χ4v) is 3.43. The van der Waals surface area contributed by atoms with Gasteiger partial charge >= 0.3 is 0 Å². The van der Waals surface area contributed by atoms with Crippen LogP contribution in [0.25, 0.3) is 11.0 Å². The summed E-state index contributed by atoms with van der Waals surface area (Å²) in [6.45, 7) is 4.43. The molecule has 2 aliphatic heterocycles. The van der Waals surface area contributed by atoms with Gasteiger partial charge in [-0.1, -0.05) is 11.6 Å². The lowest BCUT2D eigenvalue weighted by atomic mass is 10.1. The van der Waals surface area contributed by atoms with Gasteiger partial charge < -0.3 is 20.5 Å². The minimum atomic E-state index is 0.211. The van der Waals surface area contributed by atoms with Crippen LogP contribution in [0.4, 0.5) is 5.95 Å². The molecule has 1 fully saturated rings. The van der Waals surface area contributed by atoms with Crippen LogP contribution in [0.1, 0.15) is 26.2 Å². The first kappa shape index (κ1) is 18.0. The van der Waals surface area contributed by atoms with E-state index < -0.39 is 0 Å². The Bertz CT molecular complexity index is 902. The van der Waals surface area contributed by atoms with Crippen LogP contribution in [-0.2, 0) is 16.0 Å². The van der Waals surface area contributed by atoms with E-state index in [-0.39, 0.29) is 11.9 Å². The summed E-state index contributed by atoms with van der Waals surface area (Å²) in [5.74, 6) is 0.676. The highest BCUT2D eigenvalue weighted by Gasteiger charge is 2.19. The Labute approximate surface area is 161 Å². The summed E-state index contributed by atoms with van der Waals surface area (Å²) in [6.07, 6.45) is 4.17. The molecule has 0 spiro atoms. The van der Waals surface area contributed by atoms with Gasteiger partial charge in [-0.3, -0.25) is 4.99 Å². The summed E-state index contributed by atoms with van der Waals surface area (Å²) in [5.41, 5.74) is 8.22. The van der Waals surface area contributed by atoms with E-state index in [4.69, 9.17) is 31.8 Å². The Morgan fingerprint density at radius 3 is 3.00 bits per heavy atom. The second-order valence-electron chi connectivity index (χ2n) is 6.57. The van der Waals surface area contributed by atoms with E-state index in [9.17, 15) is 0 Å². The molecule has 0 amide bonds. The van der Waals surface area contributed by atoms with E-state index >= 15 is 0 Å². The van der Waals surface area contributed by atoms with Crippen LogP contribution in [0.5, 0.6) is 0 Å². The van der Waals surface area contributed by atoms with Gasteiger partial charge in [0.15, 0.2) is 10.8 Å². The van der Waals surface area contributed by atoms with Crippen molar-refractivity contribution in [2.75, 3.05) is 25.1 Å². The van der Waals surface area contributed by atoms with Crippen molar-refractivity contribution >= 4 is 34.3 Å². The smallest absolute Gasteiger partial charge is 0.229 e. The summed E-state index contributed by atoms with van der Waals surface area (Å²) in [7, 11) is 0. The quantitative estimate of drug-likeness (QED) is 0.753. The van der Waals surface area contributed by atoms with Crippen molar-refractivity contribution in [3.63, 3.8) is 0 Å². The molecule has 2 aliphatic rings. The van der Waals surface area contributed by atoms with Crippen LogP contribution in [0.2, 0.25) is 5.15 Å². The topological polar surface area (TPSA) is 112 Å². The molecule has 4 rings (SSSR count). The molecule has 2 aromatic heterocycles. The van der Waals surface area contributed by atoms with E-state index in [1.54, 1.807) is 10.9 Å². The molecule has 27 heavy (non-hydrogen) atoms. The minimum absolute atomic E-state index is 0.211. The van der Waals surface area contributed by atoms with Gasteiger partial charge in [0, 0.05) is 32.4 Å². The first-order valence-corrected chi connectivity index (χ1v) is 9.41. The number of halogens is 1. The zero-order valence-corrected chi connectivity index (χ0v) is 15.9. The number of nitrogens with zero attached hydrogens (tertiary/aromatic N) is 5. The molecule has 4 heterocycles. The van der Waals surface area contributed by atoms with Crippen molar-refractivity contribution in [1.29, 1.82) is 0 Å². The first-order valence-electron chi connectivity index (χ1n) is 9.03. The number of nitrogens with one attached hydrogen (secondary N) is 1. The highest BCUT2D eigenvalue weighted by molar-refractivity contribution is 6.34. The van der Waals surface area contributed by atoms with Crippen molar-refractivity contribution in [1.82, 2.24) is 19.7 Å². The highest BCUT2D eigenvalue weighted by atomic mass is 35.5. The van der Waals surface area contributed by atoms with E-state index in [1.807, 2.05) is 6.92 Å². The fraction of sp³-hybridized carbons (Fsp3) is 0.529. The number of allylic oxidation sites excluding steroid dienone is 1. The number of rotatable bonds is 2. The maximum atomic E-state index is 6.20. The SMILES string of the molecule is CC(=NC1CCOCC1)/C1=C(\N)OCCCn2nc(Cl)c3cnc(nc32)N1. The predicted molar refractivity (Wildman–Crippen MR) is 103 cm³/mol. The lowest BCUT2D eigenvalue weighted by Crippen LogP contribution is -2.24. The molecule has 2 aromatic rings. The molecule has 0 atom stereocenters. The Kier molecular flexibility index (Phi) is 5.13. The van der Waals surface area contributed by atoms with Gasteiger partial charge in [0.05, 0.1) is 23.7 Å². The number of aliphatic imine (C=N–C) groups is 1. The zero-order chi connectivity index (χ0) is 18.8. The van der Waals surface area contributed by atoms with Crippen molar-refractivity contribution in [3.8, 4) is 0 Å². The molecule has 9 nitrogen and oxygen atoms in total. The molecule has 0 aliphatic carbocycles. The minimum Gasteiger partial charge on any atom is -0.478 e. The van der Waals surface area contributed by atoms with E-state index in [0.717, 1.165) is 38.2 Å². The van der Waals surface area contributed by atoms with Crippen molar-refractivity contribution in [2.24, 2.45) is 10.7 Å². The lowest BCUT2D eigenvalue weighted by molar-refractivity contribution is 0.0871. The van der Waals surface area contributed by atoms with Gasteiger partial charge in [0.1, 0.15) is 5.70 Å². The molecule has 144 valence electrons. The Morgan fingerprint density at radius 1 is 1.37 bits per heavy atom. The average Bonchev–Trinajstić information content (AvgIpc) is 2.98. The zero-order valence-electron chi connectivity index (χ0n) is 15.1. The van der Waals surface area contributed by atoms with Gasteiger partial charge in [-0.25, -0.2) is 9.67 Å². The number of fused-ring (bicyclic) bond motifs is 1. The summed E-state index contributed by atoms with van der Waals surface area (Å²) in [4.78, 5) is 13.7. The third-order valence-electron chi connectivity index (χ3n) is 4.63. The van der Waals surface area contributed by atoms with E-state index in [0.29, 0.717) is 41.0 Å². The van der Waals surface area contributed by atoms with Crippen LogP contribution < -0.4 is 11.1 Å². The van der Waals surface area contributed by atoms with E-state index in [1.165, 1.54) is 0 Å². The Hall–Kier alpha value is -2.39. The van der Waals surface area contributed by atoms with Gasteiger partial charge in [0.25, 0.3) is 0 Å². The molecular formula is C17H22ClN7O2. The second kappa shape index (κ2) is 7.69. The number of anilines is 1. The third kappa shape index (κ3) is 3.84. The first-order chi connectivity index (χ1) is 13.1. The van der Waals surface area contributed by atoms with Crippen molar-refractivity contribution in [2.45, 2.75) is 38.8 Å². The lowest BCUT2D eigenvalue weighted by Gasteiger charge is -2.20. The molecule has 0 unspecified atom stereocenters. The standard InChI is InChI=1S/C17H22ClN7O2/c1-10(21-11-3-7-26-8-4-11)13-15(19)27-6-2-5-25-16-12(14(18)24-25)9-20-17(22-13)23-16/h9,11H,2-8,19H2,1H3,(H,20,22,23)/b15-13-,21-10?. The molecule has 2 bridgehead atoms. The molecular weight excluding hydrogens is 370 g/mol. The van der Waals surface area contributed by atoms with Crippen molar-refractivity contribution in [3.05, 3.63) is 22.9 Å². The average molecular weight is 392 g/mol. The molecule has 1 saturated heterocycles. The van der Waals surface area contributed by atoms with Gasteiger partial charge in [0.2, 0.25) is 11.8 Å². The molecule has 0 saturated carbocycles. The maximum Gasteiger partial charge on any atom is 0.229 e. The summed E-state index contributed by atoms with van der Waals surface area (Å²) >= 11 is 6.19. The third-order valence-corrected chi connectivity index (χ3v) is 4.91. The highest BCUT2D eigenvalue weighted by Crippen LogP contribution is 2.23. The summed E-state index contributed by atoms with van der Waals surface area (Å²) in [6, 6.07) is 0.211. The van der Waals surface area contributed by atoms with Gasteiger partial charge in [-0.15, -0.1) is 0 Å². The second-order valence-corrected chi connectivity index (χ2v) is 6.93. The fourth-order valence-electron chi connectivity index (χ4n) is 3.20.